The molecule has 0 aliphatic rings. The van der Waals surface area contributed by atoms with Crippen molar-refractivity contribution in [2.24, 2.45) is 0 Å². The Bertz CT molecular complexity index is 757. The predicted octanol–water partition coefficient (Wildman–Crippen LogP) is 2.91. The first kappa shape index (κ1) is 14.3. The molecule has 0 atom stereocenters. The highest BCUT2D eigenvalue weighted by Gasteiger charge is 2.15. The summed E-state index contributed by atoms with van der Waals surface area (Å²) in [4.78, 5) is -0.0115. The number of rotatable bonds is 3. The van der Waals surface area contributed by atoms with Crippen molar-refractivity contribution in [3.8, 4) is 11.5 Å². The Morgan fingerprint density at radius 3 is 2.50 bits per heavy atom. The first-order valence-electron chi connectivity index (χ1n) is 5.81. The van der Waals surface area contributed by atoms with Crippen LogP contribution in [0.5, 0.6) is 11.5 Å². The number of sulfone groups is 1. The van der Waals surface area contributed by atoms with Crippen molar-refractivity contribution >= 4 is 15.5 Å². The Hall–Kier alpha value is -2.08. The van der Waals surface area contributed by atoms with Crippen LogP contribution >= 0.6 is 0 Å². The van der Waals surface area contributed by atoms with Crippen LogP contribution in [-0.4, -0.2) is 14.7 Å². The summed E-state index contributed by atoms with van der Waals surface area (Å²) in [6.07, 6.45) is 1.06. The summed E-state index contributed by atoms with van der Waals surface area (Å²) >= 11 is 0. The average Bonchev–Trinajstić information content (AvgIpc) is 2.35. The van der Waals surface area contributed by atoms with Gasteiger partial charge in [0.2, 0.25) is 0 Å². The van der Waals surface area contributed by atoms with Crippen LogP contribution in [0.15, 0.2) is 41.3 Å². The summed E-state index contributed by atoms with van der Waals surface area (Å²) in [6.45, 7) is 1.64. The Kier molecular flexibility index (Phi) is 3.67. The second-order valence-electron chi connectivity index (χ2n) is 4.45. The highest BCUT2D eigenvalue weighted by atomic mass is 32.2. The molecule has 2 aromatic rings. The molecular formula is C14H14FNO3S. The van der Waals surface area contributed by atoms with Gasteiger partial charge in [-0.1, -0.05) is 12.1 Å². The molecule has 4 nitrogen and oxygen atoms in total. The normalized spacial score (nSPS) is 11.3. The lowest BCUT2D eigenvalue weighted by molar-refractivity contribution is 0.477. The highest BCUT2D eigenvalue weighted by molar-refractivity contribution is 7.90. The molecule has 6 heteroatoms. The molecule has 0 fully saturated rings. The van der Waals surface area contributed by atoms with Crippen molar-refractivity contribution in [3.05, 3.63) is 47.8 Å². The van der Waals surface area contributed by atoms with Gasteiger partial charge in [0.05, 0.1) is 10.6 Å². The van der Waals surface area contributed by atoms with Gasteiger partial charge in [-0.2, -0.15) is 0 Å². The molecule has 0 unspecified atom stereocenters. The largest absolute Gasteiger partial charge is 0.455 e. The number of aryl methyl sites for hydroxylation is 1. The van der Waals surface area contributed by atoms with Gasteiger partial charge in [-0.15, -0.1) is 0 Å². The quantitative estimate of drug-likeness (QED) is 0.884. The predicted molar refractivity (Wildman–Crippen MR) is 75.2 cm³/mol. The molecule has 20 heavy (non-hydrogen) atoms. The van der Waals surface area contributed by atoms with Crippen molar-refractivity contribution in [2.75, 3.05) is 12.0 Å². The molecule has 0 saturated heterocycles. The maximum atomic E-state index is 13.4. The van der Waals surface area contributed by atoms with Crippen molar-refractivity contribution < 1.29 is 17.5 Å². The number of para-hydroxylation sites is 1. The van der Waals surface area contributed by atoms with Crippen LogP contribution in [0.2, 0.25) is 0 Å². The Labute approximate surface area is 116 Å². The van der Waals surface area contributed by atoms with Crippen LogP contribution in [0.1, 0.15) is 5.56 Å². The second kappa shape index (κ2) is 5.13. The summed E-state index contributed by atoms with van der Waals surface area (Å²) < 4.78 is 42.0. The molecular weight excluding hydrogens is 281 g/mol. The molecule has 0 aromatic heterocycles. The van der Waals surface area contributed by atoms with E-state index in [-0.39, 0.29) is 22.1 Å². The first-order valence-corrected chi connectivity index (χ1v) is 7.71. The number of hydrogen-bond acceptors (Lipinski definition) is 4. The summed E-state index contributed by atoms with van der Waals surface area (Å²) in [5.74, 6) is 0.0296. The third-order valence-electron chi connectivity index (χ3n) is 2.80. The van der Waals surface area contributed by atoms with Crippen molar-refractivity contribution in [1.82, 2.24) is 0 Å². The van der Waals surface area contributed by atoms with Gasteiger partial charge in [0.15, 0.2) is 15.6 Å². The molecule has 0 heterocycles. The molecule has 0 aliphatic carbocycles. The van der Waals surface area contributed by atoms with Crippen LogP contribution in [-0.2, 0) is 9.84 Å². The Balaban J connectivity index is 2.42. The number of hydrogen-bond donors (Lipinski definition) is 1. The maximum Gasteiger partial charge on any atom is 0.177 e. The van der Waals surface area contributed by atoms with E-state index in [0.29, 0.717) is 5.56 Å². The molecule has 2 rings (SSSR count). The van der Waals surface area contributed by atoms with E-state index in [1.807, 2.05) is 0 Å². The standard InChI is InChI=1S/C14H14FNO3S/c1-9-6-7-10(8-11(9)15)19-12-4-3-5-13(14(12)16)20(2,17)18/h3-8H,16H2,1-2H3. The Morgan fingerprint density at radius 2 is 1.90 bits per heavy atom. The van der Waals surface area contributed by atoms with Gasteiger partial charge in [0.25, 0.3) is 0 Å². The summed E-state index contributed by atoms with van der Waals surface area (Å²) in [6, 6.07) is 8.83. The third-order valence-corrected chi connectivity index (χ3v) is 3.95. The average molecular weight is 295 g/mol. The number of anilines is 1. The molecule has 106 valence electrons. The van der Waals surface area contributed by atoms with Gasteiger partial charge < -0.3 is 10.5 Å². The highest BCUT2D eigenvalue weighted by Crippen LogP contribution is 2.32. The zero-order chi connectivity index (χ0) is 14.9. The number of nitrogens with two attached hydrogens (primary N) is 1. The third kappa shape index (κ3) is 2.91. The summed E-state index contributed by atoms with van der Waals surface area (Å²) in [5.41, 5.74) is 6.29. The summed E-state index contributed by atoms with van der Waals surface area (Å²) in [7, 11) is -3.44. The maximum absolute atomic E-state index is 13.4. The van der Waals surface area contributed by atoms with E-state index in [9.17, 15) is 12.8 Å². The van der Waals surface area contributed by atoms with E-state index < -0.39 is 15.7 Å². The molecule has 0 bridgehead atoms. The monoisotopic (exact) mass is 295 g/mol. The van der Waals surface area contributed by atoms with E-state index in [4.69, 9.17) is 10.5 Å². The van der Waals surface area contributed by atoms with E-state index >= 15 is 0 Å². The van der Waals surface area contributed by atoms with Gasteiger partial charge in [-0.05, 0) is 30.7 Å². The topological polar surface area (TPSA) is 69.4 Å². The Morgan fingerprint density at radius 1 is 1.20 bits per heavy atom. The number of nitrogen functional groups attached to an aromatic ring is 1. The van der Waals surface area contributed by atoms with Gasteiger partial charge in [0.1, 0.15) is 11.6 Å². The van der Waals surface area contributed by atoms with Gasteiger partial charge >= 0.3 is 0 Å². The molecule has 0 spiro atoms. The molecule has 0 radical (unpaired) electrons. The first-order chi connectivity index (χ1) is 9.29. The fourth-order valence-electron chi connectivity index (χ4n) is 1.70. The van der Waals surface area contributed by atoms with E-state index in [0.717, 1.165) is 6.26 Å². The number of benzene rings is 2. The van der Waals surface area contributed by atoms with Crippen LogP contribution < -0.4 is 10.5 Å². The lowest BCUT2D eigenvalue weighted by Crippen LogP contribution is -2.03. The molecule has 0 aliphatic heterocycles. The minimum Gasteiger partial charge on any atom is -0.455 e. The number of halogens is 1. The molecule has 0 amide bonds. The van der Waals surface area contributed by atoms with Crippen LogP contribution in [0, 0.1) is 12.7 Å². The lowest BCUT2D eigenvalue weighted by atomic mass is 10.2. The zero-order valence-corrected chi connectivity index (χ0v) is 11.9. The number of ether oxygens (including phenoxy) is 1. The van der Waals surface area contributed by atoms with Crippen molar-refractivity contribution in [2.45, 2.75) is 11.8 Å². The minimum absolute atomic E-state index is 0.0102. The van der Waals surface area contributed by atoms with E-state index in [1.165, 1.54) is 24.3 Å². The van der Waals surface area contributed by atoms with Crippen LogP contribution in [0.3, 0.4) is 0 Å². The zero-order valence-electron chi connectivity index (χ0n) is 11.1. The summed E-state index contributed by atoms with van der Waals surface area (Å²) in [5, 5.41) is 0. The SMILES string of the molecule is Cc1ccc(Oc2cccc(S(C)(=O)=O)c2N)cc1F. The van der Waals surface area contributed by atoms with Crippen LogP contribution in [0.25, 0.3) is 0 Å². The molecule has 2 N–H and O–H groups in total. The smallest absolute Gasteiger partial charge is 0.177 e. The van der Waals surface area contributed by atoms with Gasteiger partial charge in [-0.3, -0.25) is 0 Å². The van der Waals surface area contributed by atoms with Crippen molar-refractivity contribution in [3.63, 3.8) is 0 Å². The van der Waals surface area contributed by atoms with Crippen molar-refractivity contribution in [1.29, 1.82) is 0 Å². The molecule has 2 aromatic carbocycles. The van der Waals surface area contributed by atoms with E-state index in [2.05, 4.69) is 0 Å². The fourth-order valence-corrected chi connectivity index (χ4v) is 2.53. The van der Waals surface area contributed by atoms with Gasteiger partial charge in [0, 0.05) is 12.3 Å². The minimum atomic E-state index is -3.44. The fraction of sp³-hybridized carbons (Fsp3) is 0.143. The van der Waals surface area contributed by atoms with E-state index in [1.54, 1.807) is 19.1 Å². The lowest BCUT2D eigenvalue weighted by Gasteiger charge is -2.11. The van der Waals surface area contributed by atoms with Gasteiger partial charge in [-0.25, -0.2) is 12.8 Å². The van der Waals surface area contributed by atoms with Crippen LogP contribution in [0.4, 0.5) is 10.1 Å². The molecule has 0 saturated carbocycles. The second-order valence-corrected chi connectivity index (χ2v) is 6.44.